The fourth-order valence-electron chi connectivity index (χ4n) is 10.5. The molecule has 1 aliphatic carbocycles. The number of aldehydes is 1. The molecule has 0 spiro atoms. The lowest BCUT2D eigenvalue weighted by atomic mass is 9.70. The number of hydrogen-bond donors (Lipinski definition) is 0. The molecule has 2 saturated heterocycles. The van der Waals surface area contributed by atoms with Gasteiger partial charge in [-0.25, -0.2) is 0 Å². The summed E-state index contributed by atoms with van der Waals surface area (Å²) in [6, 6.07) is 43.9. The van der Waals surface area contributed by atoms with Crippen LogP contribution in [-0.4, -0.2) is 67.7 Å². The molecule has 9 rings (SSSR count). The third-order valence-electron chi connectivity index (χ3n) is 13.6. The highest BCUT2D eigenvalue weighted by molar-refractivity contribution is 6.15. The van der Waals surface area contributed by atoms with E-state index in [1.54, 1.807) is 28.1 Å². The van der Waals surface area contributed by atoms with Gasteiger partial charge in [0, 0.05) is 42.2 Å². The van der Waals surface area contributed by atoms with E-state index in [1.165, 1.54) is 0 Å². The highest BCUT2D eigenvalue weighted by Gasteiger charge is 2.64. The Morgan fingerprint density at radius 3 is 1.86 bits per heavy atom. The van der Waals surface area contributed by atoms with Gasteiger partial charge < -0.3 is 47.4 Å². The van der Waals surface area contributed by atoms with Gasteiger partial charge in [0.15, 0.2) is 11.4 Å². The molecule has 0 radical (unpaired) electrons. The first-order valence-corrected chi connectivity index (χ1v) is 23.9. The number of carbonyl (C=O) groups is 2. The van der Waals surface area contributed by atoms with Crippen LogP contribution < -0.4 is 14.2 Å². The normalized spacial score (nSPS) is 23.7. The zero-order chi connectivity index (χ0) is 48.2. The number of benzene rings is 6. The smallest absolute Gasteiger partial charge is 0.201 e. The maximum absolute atomic E-state index is 15.7. The van der Waals surface area contributed by atoms with E-state index >= 15 is 4.79 Å². The molecule has 3 aliphatic rings. The largest absolute Gasteiger partial charge is 0.496 e. The van der Waals surface area contributed by atoms with E-state index in [0.717, 1.165) is 34.1 Å². The van der Waals surface area contributed by atoms with Crippen LogP contribution in [0.2, 0.25) is 0 Å². The number of methoxy groups -OCH3 is 2. The molecular formula is C58H62O11. The number of hydrogen-bond acceptors (Lipinski definition) is 11. The van der Waals surface area contributed by atoms with Gasteiger partial charge in [0.1, 0.15) is 42.3 Å². The predicted octanol–water partition coefficient (Wildman–Crippen LogP) is 11.0. The Hall–Kier alpha value is -5.92. The van der Waals surface area contributed by atoms with Gasteiger partial charge in [-0.1, -0.05) is 127 Å². The van der Waals surface area contributed by atoms with Crippen molar-refractivity contribution >= 4 is 22.8 Å². The van der Waals surface area contributed by atoms with E-state index in [1.807, 2.05) is 123 Å². The Labute approximate surface area is 404 Å². The molecule has 6 aromatic rings. The van der Waals surface area contributed by atoms with Gasteiger partial charge in [-0.05, 0) is 56.0 Å². The molecule has 2 fully saturated rings. The highest BCUT2D eigenvalue weighted by Crippen LogP contribution is 2.56. The van der Waals surface area contributed by atoms with Gasteiger partial charge in [-0.2, -0.15) is 0 Å². The summed E-state index contributed by atoms with van der Waals surface area (Å²) in [5.74, 6) is -0.138. The summed E-state index contributed by atoms with van der Waals surface area (Å²) in [4.78, 5) is 28.1. The molecular weight excluding hydrogens is 873 g/mol. The molecule has 7 atom stereocenters. The van der Waals surface area contributed by atoms with E-state index < -0.39 is 29.2 Å². The second kappa shape index (κ2) is 20.6. The van der Waals surface area contributed by atoms with Crippen molar-refractivity contribution in [3.63, 3.8) is 0 Å². The van der Waals surface area contributed by atoms with Crippen molar-refractivity contribution in [1.82, 2.24) is 0 Å². The third-order valence-corrected chi connectivity index (χ3v) is 13.6. The molecule has 11 heteroatoms. The van der Waals surface area contributed by atoms with Crippen molar-refractivity contribution in [3.8, 4) is 17.2 Å². The lowest BCUT2D eigenvalue weighted by Gasteiger charge is -2.43. The first kappa shape index (κ1) is 48.1. The summed E-state index contributed by atoms with van der Waals surface area (Å²) in [6.07, 6.45) is -0.769. The minimum absolute atomic E-state index is 0.0290. The van der Waals surface area contributed by atoms with Gasteiger partial charge in [0.25, 0.3) is 0 Å². The second-order valence-electron chi connectivity index (χ2n) is 19.1. The number of ether oxygens (including phenoxy) is 9. The molecule has 0 amide bonds. The predicted molar refractivity (Wildman–Crippen MR) is 262 cm³/mol. The SMILES string of the molecule is COc1c2c(c(OC)c3c(OCc4ccccc4)c([C@H]4C[C@@H](OCc5ccccc5)[C@H](OCc5ccccc5)C(C)O4)ccc13)C[C@H]1OC(C)(C)O[C@@]1(C[C@](C)(CC=O)OCc1ccccc1)C2=O. The van der Waals surface area contributed by atoms with E-state index in [0.29, 0.717) is 58.8 Å². The van der Waals surface area contributed by atoms with Crippen LogP contribution in [0.3, 0.4) is 0 Å². The van der Waals surface area contributed by atoms with Crippen LogP contribution in [0.5, 0.6) is 17.2 Å². The molecule has 0 N–H and O–H groups in total. The van der Waals surface area contributed by atoms with Crippen molar-refractivity contribution in [1.29, 1.82) is 0 Å². The third kappa shape index (κ3) is 10.1. The van der Waals surface area contributed by atoms with Crippen molar-refractivity contribution < 1.29 is 52.2 Å². The Morgan fingerprint density at radius 2 is 1.28 bits per heavy atom. The minimum atomic E-state index is -1.54. The van der Waals surface area contributed by atoms with Gasteiger partial charge in [0.05, 0.1) is 68.9 Å². The summed E-state index contributed by atoms with van der Waals surface area (Å²) >= 11 is 0. The molecule has 2 aliphatic heterocycles. The van der Waals surface area contributed by atoms with Gasteiger partial charge >= 0.3 is 0 Å². The van der Waals surface area contributed by atoms with E-state index in [9.17, 15) is 4.79 Å². The lowest BCUT2D eigenvalue weighted by molar-refractivity contribution is -0.204. The summed E-state index contributed by atoms with van der Waals surface area (Å²) in [5.41, 5.74) is 3.11. The second-order valence-corrected chi connectivity index (χ2v) is 19.1. The molecule has 0 saturated carbocycles. The van der Waals surface area contributed by atoms with E-state index in [-0.39, 0.29) is 56.6 Å². The average molecular weight is 935 g/mol. The van der Waals surface area contributed by atoms with Crippen LogP contribution in [-0.2, 0) is 66.1 Å². The number of rotatable bonds is 19. The van der Waals surface area contributed by atoms with Gasteiger partial charge in [-0.3, -0.25) is 4.79 Å². The number of carbonyl (C=O) groups excluding carboxylic acids is 2. The van der Waals surface area contributed by atoms with Gasteiger partial charge in [-0.15, -0.1) is 0 Å². The number of ketones is 1. The first-order valence-electron chi connectivity index (χ1n) is 23.9. The van der Waals surface area contributed by atoms with Crippen LogP contribution in [0.1, 0.15) is 96.8 Å². The van der Waals surface area contributed by atoms with E-state index in [2.05, 4.69) is 24.3 Å². The van der Waals surface area contributed by atoms with Crippen LogP contribution in [0.15, 0.2) is 133 Å². The first-order chi connectivity index (χ1) is 33.4. The van der Waals surface area contributed by atoms with Crippen LogP contribution in [0, 0.1) is 0 Å². The van der Waals surface area contributed by atoms with Crippen LogP contribution in [0.4, 0.5) is 0 Å². The summed E-state index contributed by atoms with van der Waals surface area (Å²) in [6.45, 7) is 8.77. The van der Waals surface area contributed by atoms with Crippen molar-refractivity contribution in [2.45, 2.75) is 127 Å². The Kier molecular flexibility index (Phi) is 14.4. The van der Waals surface area contributed by atoms with Crippen molar-refractivity contribution in [2.75, 3.05) is 14.2 Å². The summed E-state index contributed by atoms with van der Waals surface area (Å²) < 4.78 is 60.2. The topological polar surface area (TPSA) is 117 Å². The standard InChI is InChI=1S/C58H62O11/c1-38-51(64-34-40-21-13-8-14-22-40)47(63-33-39-19-11-7-12-20-39)32-46(67-38)43-27-28-44-49(54(43)65-35-41-23-15-9-16-24-41)53(62-6)45-31-48-58(69-56(2,3)68-48,55(60)50(45)52(44)61-5)37-57(4,29-30-59)66-36-42-25-17-10-18-26-42/h7-28,30,38,46-48,51H,29,31-37H2,1-6H3/t38?,46-,47-,48-,51-,57+,58-/m1/s1. The fourth-order valence-corrected chi connectivity index (χ4v) is 10.5. The van der Waals surface area contributed by atoms with Gasteiger partial charge in [0.2, 0.25) is 5.78 Å². The maximum atomic E-state index is 15.7. The molecule has 1 unspecified atom stereocenters. The monoisotopic (exact) mass is 934 g/mol. The molecule has 360 valence electrons. The van der Waals surface area contributed by atoms with Crippen molar-refractivity contribution in [2.24, 2.45) is 0 Å². The average Bonchev–Trinajstić information content (AvgIpc) is 3.63. The van der Waals surface area contributed by atoms with E-state index in [4.69, 9.17) is 42.6 Å². The summed E-state index contributed by atoms with van der Waals surface area (Å²) in [7, 11) is 3.18. The minimum Gasteiger partial charge on any atom is -0.496 e. The molecule has 6 aromatic carbocycles. The Balaban J connectivity index is 1.14. The molecule has 0 aromatic heterocycles. The molecule has 11 nitrogen and oxygen atoms in total. The quantitative estimate of drug-likeness (QED) is 0.0723. The van der Waals surface area contributed by atoms with Crippen LogP contribution in [0.25, 0.3) is 10.8 Å². The molecule has 69 heavy (non-hydrogen) atoms. The molecule has 2 heterocycles. The fraction of sp³-hybridized carbons (Fsp3) is 0.379. The van der Waals surface area contributed by atoms with Crippen LogP contribution >= 0.6 is 0 Å². The highest BCUT2D eigenvalue weighted by atomic mass is 16.8. The maximum Gasteiger partial charge on any atom is 0.201 e. The zero-order valence-corrected chi connectivity index (χ0v) is 40.3. The van der Waals surface area contributed by atoms with Crippen molar-refractivity contribution in [3.05, 3.63) is 172 Å². The zero-order valence-electron chi connectivity index (χ0n) is 40.3. The molecule has 0 bridgehead atoms. The Bertz CT molecular complexity index is 2710. The Morgan fingerprint density at radius 1 is 0.710 bits per heavy atom. The number of Topliss-reactive ketones (excluding diaryl/α,β-unsaturated/α-hetero) is 1. The summed E-state index contributed by atoms with van der Waals surface area (Å²) in [5, 5.41) is 1.25. The lowest BCUT2D eigenvalue weighted by Crippen LogP contribution is -2.56. The number of fused-ring (bicyclic) bond motifs is 3.